The van der Waals surface area contributed by atoms with Crippen LogP contribution in [0.15, 0.2) is 60.7 Å². The molecular weight excluding hydrogens is 660 g/mol. The minimum atomic E-state index is -0.940. The van der Waals surface area contributed by atoms with Gasteiger partial charge in [0.2, 0.25) is 23.5 Å². The minimum Gasteiger partial charge on any atom is -0.368 e. The average Bonchev–Trinajstić information content (AvgIpc) is 3.81. The molecule has 1 saturated heterocycles. The Morgan fingerprint density at radius 3 is 2.24 bits per heavy atom. The number of primary amides is 1. The Balaban J connectivity index is 0.00000486. The van der Waals surface area contributed by atoms with E-state index in [1.54, 1.807) is 35.2 Å². The van der Waals surface area contributed by atoms with E-state index in [1.807, 2.05) is 37.3 Å². The normalized spacial score (nSPS) is 19.2. The summed E-state index contributed by atoms with van der Waals surface area (Å²) in [6.45, 7) is 2.95. The molecule has 0 radical (unpaired) electrons. The maximum absolute atomic E-state index is 14.2. The van der Waals surface area contributed by atoms with Gasteiger partial charge >= 0.3 is 0 Å². The van der Waals surface area contributed by atoms with Crippen molar-refractivity contribution in [2.45, 2.75) is 57.5 Å². The zero-order chi connectivity index (χ0) is 34.5. The summed E-state index contributed by atoms with van der Waals surface area (Å²) in [5.41, 5.74) is 16.6. The molecule has 7 N–H and O–H groups in total. The van der Waals surface area contributed by atoms with E-state index in [0.717, 1.165) is 29.5 Å². The molecule has 4 amide bonds. The van der Waals surface area contributed by atoms with Gasteiger partial charge in [-0.2, -0.15) is 5.21 Å². The number of anilines is 1. The van der Waals surface area contributed by atoms with Crippen LogP contribution < -0.4 is 27.0 Å². The Hall–Kier alpha value is -5.21. The van der Waals surface area contributed by atoms with Gasteiger partial charge in [0.05, 0.1) is 0 Å². The third-order valence-electron chi connectivity index (χ3n) is 9.52. The highest BCUT2D eigenvalue weighted by Gasteiger charge is 2.36. The van der Waals surface area contributed by atoms with Crippen molar-refractivity contribution in [2.24, 2.45) is 23.3 Å². The highest BCUT2D eigenvalue weighted by molar-refractivity contribution is 6.02. The monoisotopic (exact) mass is 700 g/mol. The molecule has 1 aliphatic heterocycles. The quantitative estimate of drug-likeness (QED) is 0.155. The number of nitrogens with two attached hydrogens (primary N) is 2. The van der Waals surface area contributed by atoms with Gasteiger partial charge in [-0.15, -0.1) is 22.6 Å². The number of nitrogens with one attached hydrogen (secondary N) is 3. The Morgan fingerprint density at radius 1 is 0.960 bits per heavy atom. The van der Waals surface area contributed by atoms with Crippen LogP contribution >= 0.6 is 12.4 Å². The fraction of sp³-hybridized carbons (Fsp3) is 0.371. The summed E-state index contributed by atoms with van der Waals surface area (Å²) in [5, 5.41) is 19.5. The largest absolute Gasteiger partial charge is 0.368 e. The third-order valence-corrected chi connectivity index (χ3v) is 9.52. The summed E-state index contributed by atoms with van der Waals surface area (Å²) in [4.78, 5) is 58.0. The van der Waals surface area contributed by atoms with Crippen LogP contribution in [0.25, 0.3) is 22.5 Å². The zero-order valence-corrected chi connectivity index (χ0v) is 28.5. The molecule has 0 bridgehead atoms. The molecular formula is C35H41ClN10O4. The summed E-state index contributed by atoms with van der Waals surface area (Å²) in [6, 6.07) is 16.7. The lowest BCUT2D eigenvalue weighted by Crippen LogP contribution is -2.52. The second-order valence-corrected chi connectivity index (χ2v) is 12.7. The van der Waals surface area contributed by atoms with Gasteiger partial charge in [-0.3, -0.25) is 24.1 Å². The number of rotatable bonds is 11. The number of aromatic amines is 1. The van der Waals surface area contributed by atoms with Crippen molar-refractivity contribution in [3.8, 4) is 22.5 Å². The topological polar surface area (TPSA) is 215 Å². The van der Waals surface area contributed by atoms with E-state index in [0.29, 0.717) is 61.0 Å². The molecule has 4 aromatic rings. The summed E-state index contributed by atoms with van der Waals surface area (Å²) >= 11 is 0. The maximum Gasteiger partial charge on any atom is 0.270 e. The molecule has 3 heterocycles. The smallest absolute Gasteiger partial charge is 0.270 e. The molecule has 0 spiro atoms. The van der Waals surface area contributed by atoms with Crippen molar-refractivity contribution >= 4 is 41.7 Å². The highest BCUT2D eigenvalue weighted by Crippen LogP contribution is 2.33. The number of carbonyl (C=O) groups excluding carboxylic acids is 4. The van der Waals surface area contributed by atoms with Crippen molar-refractivity contribution in [3.63, 3.8) is 0 Å². The van der Waals surface area contributed by atoms with Crippen molar-refractivity contribution < 1.29 is 19.2 Å². The first-order valence-corrected chi connectivity index (χ1v) is 16.5. The average molecular weight is 701 g/mol. The fourth-order valence-electron chi connectivity index (χ4n) is 6.68. The molecule has 6 rings (SSSR count). The van der Waals surface area contributed by atoms with Gasteiger partial charge in [-0.05, 0) is 98.2 Å². The van der Waals surface area contributed by atoms with Gasteiger partial charge in [0, 0.05) is 41.4 Å². The number of halogens is 1. The van der Waals surface area contributed by atoms with Crippen molar-refractivity contribution in [1.29, 1.82) is 0 Å². The predicted molar refractivity (Wildman–Crippen MR) is 189 cm³/mol. The molecule has 2 aliphatic rings. The number of carbonyl (C=O) groups is 4. The van der Waals surface area contributed by atoms with E-state index in [2.05, 4.69) is 36.2 Å². The summed E-state index contributed by atoms with van der Waals surface area (Å²) in [7, 11) is 0. The van der Waals surface area contributed by atoms with Crippen molar-refractivity contribution in [3.05, 3.63) is 77.6 Å². The van der Waals surface area contributed by atoms with Crippen LogP contribution in [-0.2, 0) is 20.8 Å². The molecule has 1 aliphatic carbocycles. The van der Waals surface area contributed by atoms with E-state index < -0.39 is 23.9 Å². The van der Waals surface area contributed by atoms with Gasteiger partial charge in [0.25, 0.3) is 5.91 Å². The molecule has 2 atom stereocenters. The Kier molecular flexibility index (Phi) is 11.5. The van der Waals surface area contributed by atoms with E-state index in [4.69, 9.17) is 11.5 Å². The predicted octanol–water partition coefficient (Wildman–Crippen LogP) is 2.47. The summed E-state index contributed by atoms with van der Waals surface area (Å²) < 4.78 is 0. The first-order chi connectivity index (χ1) is 23.7. The van der Waals surface area contributed by atoms with E-state index in [-0.39, 0.29) is 42.3 Å². The van der Waals surface area contributed by atoms with Crippen LogP contribution in [0.5, 0.6) is 0 Å². The Bertz CT molecular complexity index is 1810. The molecule has 14 nitrogen and oxygen atoms in total. The Morgan fingerprint density at radius 2 is 1.66 bits per heavy atom. The lowest BCUT2D eigenvalue weighted by molar-refractivity contribution is -0.127. The van der Waals surface area contributed by atoms with E-state index in [9.17, 15) is 19.2 Å². The first kappa shape index (κ1) is 36.1. The molecule has 2 aromatic heterocycles. The molecule has 15 heteroatoms. The molecule has 2 aromatic carbocycles. The number of amides is 4. The second-order valence-electron chi connectivity index (χ2n) is 12.7. The lowest BCUT2D eigenvalue weighted by atomic mass is 9.81. The molecule has 262 valence electrons. The highest BCUT2D eigenvalue weighted by atomic mass is 35.5. The van der Waals surface area contributed by atoms with Crippen LogP contribution in [0.1, 0.15) is 53.8 Å². The number of aromatic nitrogens is 5. The Labute approximate surface area is 295 Å². The number of hydrogen-bond acceptors (Lipinski definition) is 9. The van der Waals surface area contributed by atoms with Gasteiger partial charge in [0.15, 0.2) is 0 Å². The van der Waals surface area contributed by atoms with Crippen LogP contribution in [0.2, 0.25) is 0 Å². The summed E-state index contributed by atoms with van der Waals surface area (Å²) in [6.07, 6.45) is 3.86. The number of pyridine rings is 1. The molecule has 2 fully saturated rings. The van der Waals surface area contributed by atoms with Crippen LogP contribution in [-0.4, -0.2) is 74.4 Å². The number of hydrogen-bond donors (Lipinski definition) is 5. The number of tetrazole rings is 1. The maximum atomic E-state index is 14.2. The van der Waals surface area contributed by atoms with Crippen molar-refractivity contribution in [2.75, 3.05) is 18.0 Å². The third kappa shape index (κ3) is 7.98. The fourth-order valence-corrected chi connectivity index (χ4v) is 6.68. The molecule has 1 saturated carbocycles. The minimum absolute atomic E-state index is 0. The number of H-pyrrole nitrogens is 1. The van der Waals surface area contributed by atoms with Gasteiger partial charge < -0.3 is 22.1 Å². The van der Waals surface area contributed by atoms with Gasteiger partial charge in [-0.1, -0.05) is 30.3 Å². The van der Waals surface area contributed by atoms with E-state index in [1.165, 1.54) is 0 Å². The van der Waals surface area contributed by atoms with Crippen LogP contribution in [0.4, 0.5) is 5.69 Å². The van der Waals surface area contributed by atoms with Crippen molar-refractivity contribution in [1.82, 2.24) is 36.2 Å². The number of benzene rings is 2. The molecule has 0 unspecified atom stereocenters. The van der Waals surface area contributed by atoms with Crippen LogP contribution in [0.3, 0.4) is 0 Å². The van der Waals surface area contributed by atoms with Gasteiger partial charge in [0.1, 0.15) is 17.8 Å². The first-order valence-electron chi connectivity index (χ1n) is 16.5. The van der Waals surface area contributed by atoms with Gasteiger partial charge in [-0.25, -0.2) is 4.98 Å². The standard InChI is InChI=1S/C35H40N10O4.ClH/c1-20-27(14-15-28(39-20)34(48)40-29-16-17-38-33(29)47)23-6-2-21(3-7-23)18-30(31(37)46)45(35(49)25-8-4-22(19-36)5-9-25)26-12-10-24(11-13-26)32-41-43-44-42-32;/h2-3,6-7,10-15,22,25,29-30H,4-5,8-9,16-19,36H2,1H3,(H2,37,46)(H,38,47)(H,40,48)(H,41,42,43,44);1H/t22-,25-,29-,30+;/m1./s1. The van der Waals surface area contributed by atoms with Crippen LogP contribution in [0, 0.1) is 18.8 Å². The lowest BCUT2D eigenvalue weighted by Gasteiger charge is -2.35. The van der Waals surface area contributed by atoms with E-state index >= 15 is 0 Å². The SMILES string of the molecule is Cc1nc(C(=O)N[C@@H]2CCNC2=O)ccc1-c1ccc(C[C@@H](C(N)=O)N(c2ccc(-c3nn[nH]n3)cc2)C(=O)[C@H]2CC[C@H](CN)CC2)cc1.Cl. The number of aryl methyl sites for hydroxylation is 1. The number of nitrogens with zero attached hydrogens (tertiary/aromatic N) is 5. The second kappa shape index (κ2) is 16.0. The summed E-state index contributed by atoms with van der Waals surface area (Å²) in [5.74, 6) is -0.787. The molecule has 50 heavy (non-hydrogen) atoms. The zero-order valence-electron chi connectivity index (χ0n) is 27.7.